The van der Waals surface area contributed by atoms with Crippen molar-refractivity contribution in [3.63, 3.8) is 0 Å². The summed E-state index contributed by atoms with van der Waals surface area (Å²) in [6.07, 6.45) is 0. The van der Waals surface area contributed by atoms with Gasteiger partial charge in [0.25, 0.3) is 5.89 Å². The third-order valence-corrected chi connectivity index (χ3v) is 3.69. The Morgan fingerprint density at radius 2 is 1.77 bits per heavy atom. The zero-order valence-electron chi connectivity index (χ0n) is 15.3. The van der Waals surface area contributed by atoms with E-state index < -0.39 is 0 Å². The van der Waals surface area contributed by atoms with Crippen LogP contribution in [0.2, 0.25) is 0 Å². The Morgan fingerprint density at radius 3 is 2.46 bits per heavy atom. The lowest BCUT2D eigenvalue weighted by Crippen LogP contribution is -2.34. The van der Waals surface area contributed by atoms with E-state index in [-0.39, 0.29) is 12.1 Å². The predicted molar refractivity (Wildman–Crippen MR) is 102 cm³/mol. The number of carbonyl (C=O) groups is 1. The van der Waals surface area contributed by atoms with Gasteiger partial charge in [-0.3, -0.25) is 0 Å². The van der Waals surface area contributed by atoms with Crippen LogP contribution in [-0.2, 0) is 0 Å². The molecule has 0 atom stereocenters. The first-order chi connectivity index (χ1) is 12.4. The number of urea groups is 1. The molecular weight excluding hydrogens is 328 g/mol. The van der Waals surface area contributed by atoms with Gasteiger partial charge in [0.05, 0.1) is 0 Å². The molecule has 0 aliphatic carbocycles. The summed E-state index contributed by atoms with van der Waals surface area (Å²) < 4.78 is 5.43. The fraction of sp³-hybridized carbons (Fsp3) is 0.250. The highest BCUT2D eigenvalue weighted by atomic mass is 16.5. The summed E-state index contributed by atoms with van der Waals surface area (Å²) in [7, 11) is 0. The lowest BCUT2D eigenvalue weighted by molar-refractivity contribution is 0.250. The number of benzene rings is 2. The fourth-order valence-electron chi connectivity index (χ4n) is 2.72. The van der Waals surface area contributed by atoms with Gasteiger partial charge in [0, 0.05) is 22.9 Å². The van der Waals surface area contributed by atoms with Crippen molar-refractivity contribution in [1.29, 1.82) is 0 Å². The van der Waals surface area contributed by atoms with Crippen molar-refractivity contribution in [1.82, 2.24) is 15.5 Å². The van der Waals surface area contributed by atoms with Gasteiger partial charge in [-0.25, -0.2) is 4.79 Å². The Kier molecular flexibility index (Phi) is 5.02. The lowest BCUT2D eigenvalue weighted by atomic mass is 10.1. The first kappa shape index (κ1) is 17.7. The molecule has 0 unspecified atom stereocenters. The van der Waals surface area contributed by atoms with Crippen LogP contribution in [0, 0.1) is 13.8 Å². The summed E-state index contributed by atoms with van der Waals surface area (Å²) in [5.41, 5.74) is 4.61. The number of nitrogens with one attached hydrogen (secondary N) is 2. The maximum atomic E-state index is 11.9. The second kappa shape index (κ2) is 7.39. The second-order valence-corrected chi connectivity index (χ2v) is 6.63. The van der Waals surface area contributed by atoms with E-state index in [1.165, 1.54) is 0 Å². The van der Waals surface area contributed by atoms with Gasteiger partial charge >= 0.3 is 6.03 Å². The minimum atomic E-state index is -0.249. The SMILES string of the molecule is Cc1cc(C)cc(-c2nc(-c3cccc(NC(=O)NC(C)C)c3)no2)c1. The molecule has 0 saturated carbocycles. The minimum Gasteiger partial charge on any atom is -0.336 e. The summed E-state index contributed by atoms with van der Waals surface area (Å²) in [6, 6.07) is 13.3. The largest absolute Gasteiger partial charge is 0.336 e. The van der Waals surface area contributed by atoms with E-state index in [1.807, 2.05) is 64.1 Å². The van der Waals surface area contributed by atoms with Crippen LogP contribution >= 0.6 is 0 Å². The number of nitrogens with zero attached hydrogens (tertiary/aromatic N) is 2. The topological polar surface area (TPSA) is 80.0 Å². The summed E-state index contributed by atoms with van der Waals surface area (Å²) in [5.74, 6) is 0.954. The molecule has 1 aromatic heterocycles. The van der Waals surface area contributed by atoms with Crippen LogP contribution in [-0.4, -0.2) is 22.2 Å². The normalized spacial score (nSPS) is 10.8. The average molecular weight is 350 g/mol. The number of aromatic nitrogens is 2. The van der Waals surface area contributed by atoms with Crippen molar-refractivity contribution in [2.45, 2.75) is 33.7 Å². The maximum Gasteiger partial charge on any atom is 0.319 e. The van der Waals surface area contributed by atoms with Crippen molar-refractivity contribution in [3.8, 4) is 22.8 Å². The molecule has 3 rings (SSSR count). The van der Waals surface area contributed by atoms with Crippen molar-refractivity contribution < 1.29 is 9.32 Å². The summed E-state index contributed by atoms with van der Waals surface area (Å²) >= 11 is 0. The summed E-state index contributed by atoms with van der Waals surface area (Å²) in [5, 5.41) is 9.66. The molecular formula is C20H22N4O2. The van der Waals surface area contributed by atoms with Crippen LogP contribution in [0.25, 0.3) is 22.8 Å². The highest BCUT2D eigenvalue weighted by molar-refractivity contribution is 5.90. The molecule has 1 heterocycles. The van der Waals surface area contributed by atoms with Crippen molar-refractivity contribution in [2.75, 3.05) is 5.32 Å². The van der Waals surface area contributed by atoms with Crippen LogP contribution in [0.4, 0.5) is 10.5 Å². The third-order valence-electron chi connectivity index (χ3n) is 3.69. The molecule has 134 valence electrons. The average Bonchev–Trinajstić information content (AvgIpc) is 3.03. The van der Waals surface area contributed by atoms with Crippen LogP contribution in [0.5, 0.6) is 0 Å². The standard InChI is InChI=1S/C20H22N4O2/c1-12(2)21-20(25)22-17-7-5-6-15(11-17)18-23-19(26-24-18)16-9-13(3)8-14(4)10-16/h5-12H,1-4H3,(H2,21,22,25). The first-order valence-electron chi connectivity index (χ1n) is 8.51. The van der Waals surface area contributed by atoms with E-state index in [0.29, 0.717) is 17.4 Å². The molecule has 3 aromatic rings. The quantitative estimate of drug-likeness (QED) is 0.723. The van der Waals surface area contributed by atoms with Crippen LogP contribution < -0.4 is 10.6 Å². The Morgan fingerprint density at radius 1 is 1.04 bits per heavy atom. The van der Waals surface area contributed by atoms with Gasteiger partial charge in [0.15, 0.2) is 0 Å². The van der Waals surface area contributed by atoms with Crippen LogP contribution in [0.1, 0.15) is 25.0 Å². The summed E-state index contributed by atoms with van der Waals surface area (Å²) in [4.78, 5) is 16.3. The van der Waals surface area contributed by atoms with Crippen molar-refractivity contribution in [2.24, 2.45) is 0 Å². The zero-order chi connectivity index (χ0) is 18.7. The number of hydrogen-bond acceptors (Lipinski definition) is 4. The Balaban J connectivity index is 1.83. The van der Waals surface area contributed by atoms with Crippen molar-refractivity contribution >= 4 is 11.7 Å². The molecule has 2 amide bonds. The third kappa shape index (κ3) is 4.27. The van der Waals surface area contributed by atoms with Gasteiger partial charge < -0.3 is 15.2 Å². The van der Waals surface area contributed by atoms with Gasteiger partial charge in [0.2, 0.25) is 5.82 Å². The molecule has 0 aliphatic rings. The predicted octanol–water partition coefficient (Wildman–Crippen LogP) is 4.55. The van der Waals surface area contributed by atoms with E-state index in [0.717, 1.165) is 22.3 Å². The molecule has 0 bridgehead atoms. The maximum absolute atomic E-state index is 11.9. The molecule has 6 nitrogen and oxygen atoms in total. The molecule has 0 fully saturated rings. The van der Waals surface area contributed by atoms with E-state index in [1.54, 1.807) is 0 Å². The van der Waals surface area contributed by atoms with Crippen LogP contribution in [0.15, 0.2) is 47.0 Å². The highest BCUT2D eigenvalue weighted by Crippen LogP contribution is 2.25. The van der Waals surface area contributed by atoms with E-state index in [4.69, 9.17) is 4.52 Å². The van der Waals surface area contributed by atoms with Gasteiger partial charge in [-0.1, -0.05) is 34.5 Å². The van der Waals surface area contributed by atoms with Gasteiger partial charge in [-0.2, -0.15) is 4.98 Å². The molecule has 0 radical (unpaired) electrons. The molecule has 6 heteroatoms. The molecule has 0 saturated heterocycles. The molecule has 0 aliphatic heterocycles. The second-order valence-electron chi connectivity index (χ2n) is 6.63. The number of anilines is 1. The van der Waals surface area contributed by atoms with Crippen molar-refractivity contribution in [3.05, 3.63) is 53.6 Å². The Bertz CT molecular complexity index is 911. The van der Waals surface area contributed by atoms with Gasteiger partial charge in [-0.05, 0) is 52.0 Å². The number of hydrogen-bond donors (Lipinski definition) is 2. The number of amides is 2. The number of aryl methyl sites for hydroxylation is 2. The molecule has 2 N–H and O–H groups in total. The lowest BCUT2D eigenvalue weighted by Gasteiger charge is -2.10. The van der Waals surface area contributed by atoms with E-state index in [2.05, 4.69) is 26.8 Å². The van der Waals surface area contributed by atoms with Gasteiger partial charge in [-0.15, -0.1) is 0 Å². The Labute approximate surface area is 152 Å². The molecule has 2 aromatic carbocycles. The fourth-order valence-corrected chi connectivity index (χ4v) is 2.72. The van der Waals surface area contributed by atoms with Gasteiger partial charge in [0.1, 0.15) is 0 Å². The highest BCUT2D eigenvalue weighted by Gasteiger charge is 2.12. The molecule has 26 heavy (non-hydrogen) atoms. The zero-order valence-corrected chi connectivity index (χ0v) is 15.3. The monoisotopic (exact) mass is 350 g/mol. The summed E-state index contributed by atoms with van der Waals surface area (Å²) in [6.45, 7) is 7.88. The minimum absolute atomic E-state index is 0.0655. The van der Waals surface area contributed by atoms with E-state index in [9.17, 15) is 4.79 Å². The number of rotatable bonds is 4. The van der Waals surface area contributed by atoms with Crippen LogP contribution in [0.3, 0.4) is 0 Å². The smallest absolute Gasteiger partial charge is 0.319 e. The molecule has 0 spiro atoms. The Hall–Kier alpha value is -3.15. The number of carbonyl (C=O) groups excluding carboxylic acids is 1. The first-order valence-corrected chi connectivity index (χ1v) is 8.51. The van der Waals surface area contributed by atoms with E-state index >= 15 is 0 Å².